The summed E-state index contributed by atoms with van der Waals surface area (Å²) in [5, 5.41) is 11.2. The van der Waals surface area contributed by atoms with Gasteiger partial charge in [-0.15, -0.1) is 10.2 Å². The third-order valence-electron chi connectivity index (χ3n) is 5.02. The second-order valence-electron chi connectivity index (χ2n) is 6.94. The first-order valence-electron chi connectivity index (χ1n) is 9.96. The molecule has 2 aromatic carbocycles. The van der Waals surface area contributed by atoms with Crippen molar-refractivity contribution in [3.05, 3.63) is 71.9 Å². The van der Waals surface area contributed by atoms with Gasteiger partial charge >= 0.3 is 0 Å². The van der Waals surface area contributed by atoms with E-state index in [-0.39, 0.29) is 12.4 Å². The van der Waals surface area contributed by atoms with Crippen LogP contribution in [0.15, 0.2) is 55.0 Å². The number of ether oxygens (including phenoxy) is 3. The number of nitrogens with zero attached hydrogens (tertiary/aromatic N) is 4. The number of hydrogen-bond donors (Lipinski definition) is 1. The van der Waals surface area contributed by atoms with Crippen molar-refractivity contribution < 1.29 is 18.6 Å². The smallest absolute Gasteiger partial charge is 0.210 e. The molecule has 0 saturated carbocycles. The van der Waals surface area contributed by atoms with Crippen LogP contribution in [0.3, 0.4) is 0 Å². The van der Waals surface area contributed by atoms with E-state index in [4.69, 9.17) is 14.2 Å². The Kier molecular flexibility index (Phi) is 5.22. The lowest BCUT2D eigenvalue weighted by atomic mass is 10.0. The van der Waals surface area contributed by atoms with Crippen molar-refractivity contribution in [2.24, 2.45) is 0 Å². The second-order valence-corrected chi connectivity index (χ2v) is 6.94. The van der Waals surface area contributed by atoms with Crippen LogP contribution in [0, 0.1) is 5.82 Å². The molecule has 0 bridgehead atoms. The maximum atomic E-state index is 14.4. The molecule has 2 aromatic heterocycles. The molecule has 4 aromatic rings. The van der Waals surface area contributed by atoms with Gasteiger partial charge < -0.3 is 19.5 Å². The molecule has 8 nitrogen and oxygen atoms in total. The third-order valence-corrected chi connectivity index (χ3v) is 5.02. The highest BCUT2D eigenvalue weighted by Gasteiger charge is 2.20. The quantitative estimate of drug-likeness (QED) is 0.437. The number of fused-ring (bicyclic) bond motifs is 2. The molecule has 0 amide bonds. The minimum atomic E-state index is -0.268. The van der Waals surface area contributed by atoms with Crippen LogP contribution in [0.2, 0.25) is 0 Å². The zero-order valence-corrected chi connectivity index (χ0v) is 16.6. The number of halogens is 1. The van der Waals surface area contributed by atoms with Crippen molar-refractivity contribution in [1.29, 1.82) is 0 Å². The Balaban J connectivity index is 1.26. The molecule has 9 heteroatoms. The fraction of sp³-hybridized carbons (Fsp3) is 0.227. The zero-order valence-electron chi connectivity index (χ0n) is 16.6. The molecule has 0 atom stereocenters. The lowest BCUT2D eigenvalue weighted by Crippen LogP contribution is -2.12. The number of benzene rings is 2. The van der Waals surface area contributed by atoms with E-state index in [0.29, 0.717) is 49.1 Å². The molecule has 0 radical (unpaired) electrons. The number of para-hydroxylation sites is 1. The summed E-state index contributed by atoms with van der Waals surface area (Å²) in [6, 6.07) is 12.6. The average Bonchev–Trinajstić information content (AvgIpc) is 3.47. The Hall–Kier alpha value is -3.88. The van der Waals surface area contributed by atoms with Crippen LogP contribution in [0.25, 0.3) is 5.65 Å². The van der Waals surface area contributed by atoms with Crippen LogP contribution >= 0.6 is 0 Å². The topological polar surface area (TPSA) is 82.8 Å². The van der Waals surface area contributed by atoms with Crippen molar-refractivity contribution in [2.45, 2.75) is 13.0 Å². The van der Waals surface area contributed by atoms with Crippen LogP contribution in [0.5, 0.6) is 17.2 Å². The number of rotatable bonds is 8. The maximum absolute atomic E-state index is 14.4. The monoisotopic (exact) mass is 421 g/mol. The van der Waals surface area contributed by atoms with Crippen molar-refractivity contribution >= 4 is 11.6 Å². The highest BCUT2D eigenvalue weighted by molar-refractivity contribution is 5.56. The van der Waals surface area contributed by atoms with E-state index in [1.807, 2.05) is 30.3 Å². The largest absolute Gasteiger partial charge is 0.493 e. The highest BCUT2D eigenvalue weighted by atomic mass is 19.1. The zero-order chi connectivity index (χ0) is 21.0. The lowest BCUT2D eigenvalue weighted by molar-refractivity contribution is 0.217. The minimum Gasteiger partial charge on any atom is -0.493 e. The second kappa shape index (κ2) is 8.47. The summed E-state index contributed by atoms with van der Waals surface area (Å²) in [5.41, 5.74) is 1.99. The van der Waals surface area contributed by atoms with Gasteiger partial charge in [0.2, 0.25) is 11.6 Å². The summed E-state index contributed by atoms with van der Waals surface area (Å²) >= 11 is 0. The van der Waals surface area contributed by atoms with Crippen LogP contribution in [0.1, 0.15) is 11.1 Å². The maximum Gasteiger partial charge on any atom is 0.210 e. The number of aromatic nitrogens is 4. The van der Waals surface area contributed by atoms with Gasteiger partial charge in [-0.2, -0.15) is 0 Å². The number of nitrogens with one attached hydrogen (secondary N) is 1. The van der Waals surface area contributed by atoms with E-state index in [9.17, 15) is 4.39 Å². The van der Waals surface area contributed by atoms with Gasteiger partial charge in [-0.1, -0.05) is 18.2 Å². The Bertz CT molecular complexity index is 1200. The van der Waals surface area contributed by atoms with Crippen LogP contribution < -0.4 is 19.5 Å². The van der Waals surface area contributed by atoms with E-state index >= 15 is 0 Å². The van der Waals surface area contributed by atoms with Gasteiger partial charge in [-0.3, -0.25) is 0 Å². The van der Waals surface area contributed by atoms with Gasteiger partial charge in [-0.25, -0.2) is 13.8 Å². The lowest BCUT2D eigenvalue weighted by Gasteiger charge is -2.13. The summed E-state index contributed by atoms with van der Waals surface area (Å²) < 4.78 is 33.0. The molecule has 1 aliphatic heterocycles. The number of anilines is 1. The van der Waals surface area contributed by atoms with Gasteiger partial charge in [0.15, 0.2) is 5.75 Å². The first-order chi connectivity index (χ1) is 15.3. The normalized spacial score (nSPS) is 12.4. The Morgan fingerprint density at radius 1 is 1.10 bits per heavy atom. The molecule has 0 unspecified atom stereocenters. The first kappa shape index (κ1) is 19.1. The molecule has 5 rings (SSSR count). The predicted molar refractivity (Wildman–Crippen MR) is 111 cm³/mol. The Morgan fingerprint density at radius 2 is 1.97 bits per heavy atom. The molecule has 0 saturated heterocycles. The van der Waals surface area contributed by atoms with E-state index < -0.39 is 0 Å². The SMILES string of the molecule is Fc1ccc2c(c1CNc1ncc(OCCOc3ccccc3)c3nncn13)CCO2. The summed E-state index contributed by atoms with van der Waals surface area (Å²) in [7, 11) is 0. The summed E-state index contributed by atoms with van der Waals surface area (Å²) in [4.78, 5) is 4.41. The molecular formula is C22H20FN5O3. The minimum absolute atomic E-state index is 0.268. The molecule has 31 heavy (non-hydrogen) atoms. The fourth-order valence-corrected chi connectivity index (χ4v) is 3.53. The van der Waals surface area contributed by atoms with Crippen LogP contribution in [-0.4, -0.2) is 39.4 Å². The summed E-state index contributed by atoms with van der Waals surface area (Å²) in [5.74, 6) is 2.22. The van der Waals surface area contributed by atoms with E-state index in [2.05, 4.69) is 20.5 Å². The standard InChI is InChI=1S/C22H20FN5O3/c23-18-6-7-19-16(8-9-30-19)17(18)12-24-22-25-13-20(21-27-26-14-28(21)22)31-11-10-29-15-4-2-1-3-5-15/h1-7,13-14H,8-12H2,(H,24,25). The predicted octanol–water partition coefficient (Wildman–Crippen LogP) is 3.27. The van der Waals surface area contributed by atoms with Crippen molar-refractivity contribution in [3.63, 3.8) is 0 Å². The summed E-state index contributed by atoms with van der Waals surface area (Å²) in [6.07, 6.45) is 3.80. The van der Waals surface area contributed by atoms with Crippen LogP contribution in [-0.2, 0) is 13.0 Å². The van der Waals surface area contributed by atoms with E-state index in [1.165, 1.54) is 12.4 Å². The fourth-order valence-electron chi connectivity index (χ4n) is 3.53. The summed E-state index contributed by atoms with van der Waals surface area (Å²) in [6.45, 7) is 1.54. The molecule has 0 fully saturated rings. The van der Waals surface area contributed by atoms with Crippen LogP contribution in [0.4, 0.5) is 10.3 Å². The average molecular weight is 421 g/mol. The van der Waals surface area contributed by atoms with Gasteiger partial charge in [0, 0.05) is 24.1 Å². The van der Waals surface area contributed by atoms with E-state index in [0.717, 1.165) is 17.1 Å². The van der Waals surface area contributed by atoms with Crippen molar-refractivity contribution in [3.8, 4) is 17.2 Å². The molecule has 1 N–H and O–H groups in total. The first-order valence-corrected chi connectivity index (χ1v) is 9.96. The van der Waals surface area contributed by atoms with Crippen molar-refractivity contribution in [1.82, 2.24) is 19.6 Å². The van der Waals surface area contributed by atoms with Crippen molar-refractivity contribution in [2.75, 3.05) is 25.1 Å². The molecule has 3 heterocycles. The Morgan fingerprint density at radius 3 is 2.87 bits per heavy atom. The highest BCUT2D eigenvalue weighted by Crippen LogP contribution is 2.30. The van der Waals surface area contributed by atoms with Gasteiger partial charge in [0.05, 0.1) is 12.8 Å². The number of hydrogen-bond acceptors (Lipinski definition) is 7. The molecule has 1 aliphatic rings. The Labute approximate surface area is 177 Å². The van der Waals surface area contributed by atoms with Gasteiger partial charge in [0.25, 0.3) is 0 Å². The third kappa shape index (κ3) is 3.94. The molecule has 158 valence electrons. The van der Waals surface area contributed by atoms with Gasteiger partial charge in [-0.05, 0) is 24.3 Å². The van der Waals surface area contributed by atoms with E-state index in [1.54, 1.807) is 16.7 Å². The molecule has 0 aliphatic carbocycles. The van der Waals surface area contributed by atoms with Gasteiger partial charge in [0.1, 0.15) is 36.9 Å². The molecule has 0 spiro atoms. The molecular weight excluding hydrogens is 401 g/mol.